The predicted molar refractivity (Wildman–Crippen MR) is 65.3 cm³/mol. The highest BCUT2D eigenvalue weighted by Gasteiger charge is 2.48. The smallest absolute Gasteiger partial charge is 0.0560 e. The molecule has 0 radical (unpaired) electrons. The van der Waals surface area contributed by atoms with Crippen molar-refractivity contribution >= 4 is 11.3 Å². The Bertz CT molecular complexity index is 353. The topological polar surface area (TPSA) is 12.0 Å². The molecule has 2 aliphatic rings. The quantitative estimate of drug-likeness (QED) is 0.826. The van der Waals surface area contributed by atoms with Gasteiger partial charge in [-0.15, -0.1) is 11.3 Å². The van der Waals surface area contributed by atoms with Crippen molar-refractivity contribution in [2.75, 3.05) is 6.54 Å². The lowest BCUT2D eigenvalue weighted by Gasteiger charge is -2.39. The first kappa shape index (κ1) is 9.86. The lowest BCUT2D eigenvalue weighted by molar-refractivity contribution is 0.256. The summed E-state index contributed by atoms with van der Waals surface area (Å²) in [5.74, 6) is 0.926. The van der Waals surface area contributed by atoms with E-state index < -0.39 is 0 Å². The van der Waals surface area contributed by atoms with Crippen molar-refractivity contribution in [3.05, 3.63) is 21.9 Å². The zero-order chi connectivity index (χ0) is 10.3. The first-order chi connectivity index (χ1) is 7.37. The second kappa shape index (κ2) is 3.60. The van der Waals surface area contributed by atoms with E-state index >= 15 is 0 Å². The molecule has 0 bridgehead atoms. The third-order valence-electron chi connectivity index (χ3n) is 3.91. The van der Waals surface area contributed by atoms with Crippen LogP contribution in [0, 0.1) is 5.92 Å². The van der Waals surface area contributed by atoms with Crippen LogP contribution in [-0.2, 0) is 12.0 Å². The van der Waals surface area contributed by atoms with Gasteiger partial charge in [0.2, 0.25) is 0 Å². The predicted octanol–water partition coefficient (Wildman–Crippen LogP) is 3.30. The van der Waals surface area contributed by atoms with Crippen molar-refractivity contribution in [1.82, 2.24) is 5.32 Å². The van der Waals surface area contributed by atoms with Gasteiger partial charge < -0.3 is 5.32 Å². The van der Waals surface area contributed by atoms with Crippen molar-refractivity contribution in [1.29, 1.82) is 0 Å². The fourth-order valence-electron chi connectivity index (χ4n) is 3.13. The van der Waals surface area contributed by atoms with Gasteiger partial charge in [-0.3, -0.25) is 0 Å². The van der Waals surface area contributed by atoms with Gasteiger partial charge in [-0.25, -0.2) is 0 Å². The zero-order valence-corrected chi connectivity index (χ0v) is 10.2. The molecule has 1 N–H and O–H groups in total. The Morgan fingerprint density at radius 3 is 3.13 bits per heavy atom. The first-order valence-corrected chi connectivity index (χ1v) is 7.06. The van der Waals surface area contributed by atoms with Gasteiger partial charge in [-0.05, 0) is 48.6 Å². The maximum Gasteiger partial charge on any atom is 0.0560 e. The highest BCUT2D eigenvalue weighted by Crippen LogP contribution is 2.51. The molecular formula is C13H19NS. The van der Waals surface area contributed by atoms with Crippen LogP contribution in [0.4, 0.5) is 0 Å². The van der Waals surface area contributed by atoms with E-state index in [1.807, 2.05) is 11.3 Å². The first-order valence-electron chi connectivity index (χ1n) is 6.18. The van der Waals surface area contributed by atoms with E-state index in [-0.39, 0.29) is 0 Å². The number of hydrogen-bond acceptors (Lipinski definition) is 2. The molecule has 2 heterocycles. The number of rotatable bonds is 3. The third kappa shape index (κ3) is 1.46. The molecule has 15 heavy (non-hydrogen) atoms. The molecular weight excluding hydrogens is 202 g/mol. The van der Waals surface area contributed by atoms with Crippen LogP contribution >= 0.6 is 11.3 Å². The molecule has 82 valence electrons. The van der Waals surface area contributed by atoms with Gasteiger partial charge in [-0.1, -0.05) is 13.3 Å². The fourth-order valence-corrected chi connectivity index (χ4v) is 4.37. The maximum atomic E-state index is 3.85. The van der Waals surface area contributed by atoms with Crippen LogP contribution in [-0.4, -0.2) is 6.54 Å². The van der Waals surface area contributed by atoms with Crippen LogP contribution in [0.25, 0.3) is 0 Å². The molecule has 0 amide bonds. The van der Waals surface area contributed by atoms with Crippen molar-refractivity contribution in [3.8, 4) is 0 Å². The van der Waals surface area contributed by atoms with E-state index in [0.717, 1.165) is 5.92 Å². The zero-order valence-electron chi connectivity index (χ0n) is 9.38. The van der Waals surface area contributed by atoms with Crippen LogP contribution in [0.2, 0.25) is 0 Å². The Morgan fingerprint density at radius 2 is 2.40 bits per heavy atom. The highest BCUT2D eigenvalue weighted by molar-refractivity contribution is 7.10. The van der Waals surface area contributed by atoms with E-state index in [9.17, 15) is 0 Å². The average molecular weight is 221 g/mol. The van der Waals surface area contributed by atoms with Gasteiger partial charge in [-0.2, -0.15) is 0 Å². The largest absolute Gasteiger partial charge is 0.306 e. The molecule has 0 saturated heterocycles. The summed E-state index contributed by atoms with van der Waals surface area (Å²) in [4.78, 5) is 1.66. The lowest BCUT2D eigenvalue weighted by Crippen LogP contribution is -2.48. The summed E-state index contributed by atoms with van der Waals surface area (Å²) in [5.41, 5.74) is 2.00. The second-order valence-corrected chi connectivity index (χ2v) is 5.86. The van der Waals surface area contributed by atoms with Crippen LogP contribution in [0.1, 0.15) is 43.0 Å². The van der Waals surface area contributed by atoms with E-state index in [0.29, 0.717) is 5.54 Å². The second-order valence-electron chi connectivity index (χ2n) is 4.95. The van der Waals surface area contributed by atoms with E-state index in [1.54, 1.807) is 10.4 Å². The summed E-state index contributed by atoms with van der Waals surface area (Å²) in [7, 11) is 0. The molecule has 2 heteroatoms. The Kier molecular flexibility index (Phi) is 2.37. The Hall–Kier alpha value is -0.340. The van der Waals surface area contributed by atoms with Crippen molar-refractivity contribution in [2.24, 2.45) is 5.92 Å². The van der Waals surface area contributed by atoms with Crippen molar-refractivity contribution < 1.29 is 0 Å². The molecule has 0 spiro atoms. The van der Waals surface area contributed by atoms with Crippen molar-refractivity contribution in [3.63, 3.8) is 0 Å². The fraction of sp³-hybridized carbons (Fsp3) is 0.692. The molecule has 1 aliphatic heterocycles. The molecule has 0 aromatic carbocycles. The third-order valence-corrected chi connectivity index (χ3v) is 5.04. The minimum Gasteiger partial charge on any atom is -0.306 e. The van der Waals surface area contributed by atoms with Gasteiger partial charge in [0.05, 0.1) is 5.54 Å². The minimum absolute atomic E-state index is 0.372. The van der Waals surface area contributed by atoms with Gasteiger partial charge in [0, 0.05) is 11.4 Å². The Balaban J connectivity index is 2.02. The van der Waals surface area contributed by atoms with Crippen LogP contribution < -0.4 is 5.32 Å². The number of hydrogen-bond donors (Lipinski definition) is 1. The monoisotopic (exact) mass is 221 g/mol. The number of nitrogens with one attached hydrogen (secondary N) is 1. The van der Waals surface area contributed by atoms with E-state index in [2.05, 4.69) is 23.7 Å². The summed E-state index contributed by atoms with van der Waals surface area (Å²) in [6, 6.07) is 2.34. The van der Waals surface area contributed by atoms with Gasteiger partial charge >= 0.3 is 0 Å². The average Bonchev–Trinajstić information content (AvgIpc) is 2.98. The molecule has 3 rings (SSSR count). The standard InChI is InChI=1S/C13H19NS/c1-2-7-13(11-3-4-11)12-10(5-8-14-13)6-9-15-12/h6,9,11,14H,2-5,7-8H2,1H3. The molecule has 1 unspecified atom stereocenters. The number of thiophene rings is 1. The summed E-state index contributed by atoms with van der Waals surface area (Å²) >= 11 is 1.98. The summed E-state index contributed by atoms with van der Waals surface area (Å²) in [6.45, 7) is 3.49. The maximum absolute atomic E-state index is 3.85. The summed E-state index contributed by atoms with van der Waals surface area (Å²) in [5, 5.41) is 6.13. The van der Waals surface area contributed by atoms with Crippen LogP contribution in [0.3, 0.4) is 0 Å². The SMILES string of the molecule is CCCC1(C2CC2)NCCc2ccsc21. The van der Waals surface area contributed by atoms with Gasteiger partial charge in [0.1, 0.15) is 0 Å². The number of fused-ring (bicyclic) bond motifs is 1. The van der Waals surface area contributed by atoms with E-state index in [4.69, 9.17) is 0 Å². The molecule has 1 aromatic rings. The lowest BCUT2D eigenvalue weighted by atomic mass is 9.81. The van der Waals surface area contributed by atoms with Crippen molar-refractivity contribution in [2.45, 2.75) is 44.6 Å². The molecule has 1 nitrogen and oxygen atoms in total. The van der Waals surface area contributed by atoms with Crippen LogP contribution in [0.15, 0.2) is 11.4 Å². The molecule has 1 saturated carbocycles. The molecule has 1 aliphatic carbocycles. The van der Waals surface area contributed by atoms with E-state index in [1.165, 1.54) is 38.6 Å². The van der Waals surface area contributed by atoms with Gasteiger partial charge in [0.15, 0.2) is 0 Å². The molecule has 1 atom stereocenters. The Morgan fingerprint density at radius 1 is 1.53 bits per heavy atom. The normalized spacial score (nSPS) is 30.2. The molecule has 1 fully saturated rings. The van der Waals surface area contributed by atoms with Crippen LogP contribution in [0.5, 0.6) is 0 Å². The minimum atomic E-state index is 0.372. The summed E-state index contributed by atoms with van der Waals surface area (Å²) < 4.78 is 0. The molecule has 1 aromatic heterocycles. The Labute approximate surface area is 95.9 Å². The highest BCUT2D eigenvalue weighted by atomic mass is 32.1. The van der Waals surface area contributed by atoms with Gasteiger partial charge in [0.25, 0.3) is 0 Å². The summed E-state index contributed by atoms with van der Waals surface area (Å²) in [6.07, 6.45) is 6.72.